The molecule has 0 aliphatic rings. The van der Waals surface area contributed by atoms with Gasteiger partial charge in [-0.3, -0.25) is 14.6 Å². The van der Waals surface area contributed by atoms with Crippen molar-refractivity contribution in [3.8, 4) is 0 Å². The Hall–Kier alpha value is -3.44. The van der Waals surface area contributed by atoms with Crippen LogP contribution in [0.5, 0.6) is 0 Å². The van der Waals surface area contributed by atoms with Crippen molar-refractivity contribution in [2.24, 2.45) is 0 Å². The minimum Gasteiger partial charge on any atom is -0.308 e. The average molecular weight is 427 g/mol. The number of rotatable bonds is 7. The number of fused-ring (bicyclic) bond motifs is 1. The summed E-state index contributed by atoms with van der Waals surface area (Å²) >= 11 is 1.52. The molecule has 0 unspecified atom stereocenters. The summed E-state index contributed by atoms with van der Waals surface area (Å²) in [5.74, 6) is 0.353. The van der Waals surface area contributed by atoms with Crippen LogP contribution in [0.3, 0.4) is 0 Å². The lowest BCUT2D eigenvalue weighted by atomic mass is 10.1. The predicted molar refractivity (Wildman–Crippen MR) is 127 cm³/mol. The zero-order valence-electron chi connectivity index (χ0n) is 17.2. The third-order valence-corrected chi connectivity index (χ3v) is 6.11. The van der Waals surface area contributed by atoms with E-state index in [9.17, 15) is 9.59 Å². The second-order valence-corrected chi connectivity index (χ2v) is 8.19. The van der Waals surface area contributed by atoms with E-state index in [4.69, 9.17) is 0 Å². The van der Waals surface area contributed by atoms with Gasteiger partial charge in [0.2, 0.25) is 5.91 Å². The molecule has 0 fully saturated rings. The van der Waals surface area contributed by atoms with Crippen molar-refractivity contribution in [1.82, 2.24) is 4.98 Å². The fourth-order valence-electron chi connectivity index (χ4n) is 3.40. The number of carbonyl (C=O) groups excluding carboxylic acids is 2. The number of pyridine rings is 1. The molecule has 0 aliphatic carbocycles. The zero-order chi connectivity index (χ0) is 21.6. The van der Waals surface area contributed by atoms with Gasteiger partial charge in [0.1, 0.15) is 0 Å². The van der Waals surface area contributed by atoms with Gasteiger partial charge in [-0.2, -0.15) is 0 Å². The maximum atomic E-state index is 12.7. The van der Waals surface area contributed by atoms with Gasteiger partial charge in [0.25, 0.3) is 0 Å². The van der Waals surface area contributed by atoms with Crippen LogP contribution < -0.4 is 4.90 Å². The van der Waals surface area contributed by atoms with Crippen molar-refractivity contribution in [2.75, 3.05) is 10.7 Å². The van der Waals surface area contributed by atoms with Crippen molar-refractivity contribution in [3.63, 3.8) is 0 Å². The van der Waals surface area contributed by atoms with Crippen molar-refractivity contribution < 1.29 is 9.59 Å². The van der Waals surface area contributed by atoms with Crippen LogP contribution in [-0.2, 0) is 11.3 Å². The Balaban J connectivity index is 1.45. The van der Waals surface area contributed by atoms with E-state index in [2.05, 4.69) is 4.98 Å². The second kappa shape index (κ2) is 9.58. The molecule has 0 radical (unpaired) electrons. The lowest BCUT2D eigenvalue weighted by Crippen LogP contribution is -2.27. The van der Waals surface area contributed by atoms with Crippen molar-refractivity contribution in [3.05, 3.63) is 102 Å². The molecule has 0 aliphatic heterocycles. The highest BCUT2D eigenvalue weighted by molar-refractivity contribution is 8.00. The van der Waals surface area contributed by atoms with Gasteiger partial charge in [0.05, 0.1) is 17.8 Å². The monoisotopic (exact) mass is 426 g/mol. The number of carbonyl (C=O) groups is 2. The van der Waals surface area contributed by atoms with Gasteiger partial charge in [-0.25, -0.2) is 0 Å². The third kappa shape index (κ3) is 5.01. The zero-order valence-corrected chi connectivity index (χ0v) is 18.0. The second-order valence-electron chi connectivity index (χ2n) is 7.18. The van der Waals surface area contributed by atoms with Crippen LogP contribution in [0.1, 0.15) is 22.8 Å². The molecule has 154 valence electrons. The highest BCUT2D eigenvalue weighted by atomic mass is 32.2. The molecular weight excluding hydrogens is 404 g/mol. The summed E-state index contributed by atoms with van der Waals surface area (Å²) in [6, 6.07) is 27.0. The number of ketones is 1. The summed E-state index contributed by atoms with van der Waals surface area (Å²) in [5, 5.41) is 1.05. The Morgan fingerprint density at radius 1 is 0.871 bits per heavy atom. The normalized spacial score (nSPS) is 10.7. The fourth-order valence-corrected chi connectivity index (χ4v) is 4.34. The van der Waals surface area contributed by atoms with Crippen molar-refractivity contribution in [2.45, 2.75) is 18.4 Å². The lowest BCUT2D eigenvalue weighted by molar-refractivity contribution is -0.116. The number of aromatic nitrogens is 1. The summed E-state index contributed by atoms with van der Waals surface area (Å²) in [6.45, 7) is 2.05. The maximum Gasteiger partial charge on any atom is 0.224 e. The Bertz CT molecular complexity index is 1200. The van der Waals surface area contributed by atoms with Gasteiger partial charge in [-0.05, 0) is 42.0 Å². The summed E-state index contributed by atoms with van der Waals surface area (Å²) in [4.78, 5) is 32.0. The number of anilines is 1. The third-order valence-electron chi connectivity index (χ3n) is 5.03. The van der Waals surface area contributed by atoms with E-state index in [1.807, 2.05) is 72.8 Å². The molecule has 3 aromatic carbocycles. The first-order valence-electron chi connectivity index (χ1n) is 10.0. The maximum absolute atomic E-state index is 12.7. The van der Waals surface area contributed by atoms with Crippen LogP contribution in [0.25, 0.3) is 10.9 Å². The topological polar surface area (TPSA) is 50.3 Å². The van der Waals surface area contributed by atoms with Crippen LogP contribution in [0.2, 0.25) is 0 Å². The van der Waals surface area contributed by atoms with Crippen LogP contribution in [0, 0.1) is 0 Å². The molecule has 0 saturated heterocycles. The molecule has 4 rings (SSSR count). The first-order valence-corrected chi connectivity index (χ1v) is 11.0. The smallest absolute Gasteiger partial charge is 0.224 e. The number of thioether (sulfide) groups is 1. The van der Waals surface area contributed by atoms with Crippen molar-refractivity contribution >= 4 is 40.0 Å². The molecule has 0 N–H and O–H groups in total. The highest BCUT2D eigenvalue weighted by Crippen LogP contribution is 2.27. The average Bonchev–Trinajstić information content (AvgIpc) is 2.81. The van der Waals surface area contributed by atoms with Gasteiger partial charge in [0.15, 0.2) is 5.78 Å². The fraction of sp³-hybridized carbons (Fsp3) is 0.115. The van der Waals surface area contributed by atoms with Crippen molar-refractivity contribution in [1.29, 1.82) is 0 Å². The number of para-hydroxylation sites is 1. The van der Waals surface area contributed by atoms with E-state index in [-0.39, 0.29) is 11.7 Å². The summed E-state index contributed by atoms with van der Waals surface area (Å²) in [6.07, 6.45) is 1.77. The SMILES string of the molecule is CC(=O)N(Cc1ccccc1)c1ccc(C(=O)CSc2ccnc3ccccc23)cc1. The molecule has 4 aromatic rings. The number of hydrogen-bond acceptors (Lipinski definition) is 4. The van der Waals surface area contributed by atoms with Crippen LogP contribution in [0.15, 0.2) is 96.0 Å². The van der Waals surface area contributed by atoms with Gasteiger partial charge >= 0.3 is 0 Å². The predicted octanol–water partition coefficient (Wildman–Crippen LogP) is 5.76. The van der Waals surface area contributed by atoms with E-state index in [0.717, 1.165) is 27.0 Å². The molecule has 31 heavy (non-hydrogen) atoms. The van der Waals surface area contributed by atoms with Crippen LogP contribution in [0.4, 0.5) is 5.69 Å². The molecule has 1 amide bonds. The van der Waals surface area contributed by atoms with Gasteiger partial charge < -0.3 is 4.90 Å². The Kier molecular flexibility index (Phi) is 6.43. The highest BCUT2D eigenvalue weighted by Gasteiger charge is 2.14. The van der Waals surface area contributed by atoms with E-state index in [0.29, 0.717) is 17.9 Å². The Labute approximate surface area is 185 Å². The number of nitrogens with zero attached hydrogens (tertiary/aromatic N) is 2. The standard InChI is InChI=1S/C26H22N2O2S/c1-19(29)28(17-20-7-3-2-4-8-20)22-13-11-21(12-14-22)25(30)18-31-26-15-16-27-24-10-6-5-9-23(24)26/h2-16H,17-18H2,1H3. The van der Waals surface area contributed by atoms with Crippen LogP contribution >= 0.6 is 11.8 Å². The van der Waals surface area contributed by atoms with E-state index < -0.39 is 0 Å². The number of Topliss-reactive ketones (excluding diaryl/α,β-unsaturated/α-hetero) is 1. The number of hydrogen-bond donors (Lipinski definition) is 0. The first kappa shape index (κ1) is 20.8. The van der Waals surface area contributed by atoms with Gasteiger partial charge in [-0.1, -0.05) is 48.5 Å². The molecule has 5 heteroatoms. The molecule has 0 saturated carbocycles. The molecule has 0 bridgehead atoms. The largest absolute Gasteiger partial charge is 0.308 e. The molecule has 1 aromatic heterocycles. The van der Waals surface area contributed by atoms with Gasteiger partial charge in [-0.15, -0.1) is 11.8 Å². The van der Waals surface area contributed by atoms with Crippen LogP contribution in [-0.4, -0.2) is 22.4 Å². The molecule has 1 heterocycles. The summed E-state index contributed by atoms with van der Waals surface area (Å²) < 4.78 is 0. The minimum atomic E-state index is -0.0388. The molecule has 0 spiro atoms. The number of benzene rings is 3. The quantitative estimate of drug-likeness (QED) is 0.278. The molecular formula is C26H22N2O2S. The minimum absolute atomic E-state index is 0.0388. The summed E-state index contributed by atoms with van der Waals surface area (Å²) in [7, 11) is 0. The summed E-state index contributed by atoms with van der Waals surface area (Å²) in [5.41, 5.74) is 3.39. The van der Waals surface area contributed by atoms with E-state index in [1.165, 1.54) is 11.8 Å². The molecule has 0 atom stereocenters. The molecule has 4 nitrogen and oxygen atoms in total. The Morgan fingerprint density at radius 2 is 1.58 bits per heavy atom. The van der Waals surface area contributed by atoms with E-state index in [1.54, 1.807) is 30.2 Å². The Morgan fingerprint density at radius 3 is 2.32 bits per heavy atom. The number of amides is 1. The van der Waals surface area contributed by atoms with E-state index >= 15 is 0 Å². The van der Waals surface area contributed by atoms with Gasteiger partial charge in [0, 0.05) is 34.7 Å². The first-order chi connectivity index (χ1) is 15.1. The lowest BCUT2D eigenvalue weighted by Gasteiger charge is -2.21.